The SMILES string of the molecule is CC1(C(=O)Nc2ccc(OCC(=O)O)c(Cl)c2)Cc2ccccc2C1. The van der Waals surface area contributed by atoms with Crippen LogP contribution >= 0.6 is 11.6 Å². The van der Waals surface area contributed by atoms with E-state index in [4.69, 9.17) is 21.4 Å². The minimum atomic E-state index is -1.08. The van der Waals surface area contributed by atoms with Crippen molar-refractivity contribution in [1.82, 2.24) is 0 Å². The molecule has 1 aliphatic carbocycles. The van der Waals surface area contributed by atoms with Crippen LogP contribution in [-0.4, -0.2) is 23.6 Å². The molecule has 0 aromatic heterocycles. The predicted octanol–water partition coefficient (Wildman–Crippen LogP) is 3.55. The van der Waals surface area contributed by atoms with Gasteiger partial charge in [-0.05, 0) is 42.2 Å². The van der Waals surface area contributed by atoms with Gasteiger partial charge in [0.1, 0.15) is 5.75 Å². The van der Waals surface area contributed by atoms with Gasteiger partial charge in [0.15, 0.2) is 6.61 Å². The highest BCUT2D eigenvalue weighted by Gasteiger charge is 2.39. The second-order valence-corrected chi connectivity index (χ2v) is 6.87. The van der Waals surface area contributed by atoms with Gasteiger partial charge >= 0.3 is 5.97 Å². The van der Waals surface area contributed by atoms with Crippen molar-refractivity contribution >= 4 is 29.2 Å². The molecule has 0 radical (unpaired) electrons. The van der Waals surface area contributed by atoms with E-state index in [2.05, 4.69) is 17.4 Å². The molecule has 0 aliphatic heterocycles. The fraction of sp³-hybridized carbons (Fsp3) is 0.263. The summed E-state index contributed by atoms with van der Waals surface area (Å²) in [7, 11) is 0. The van der Waals surface area contributed by atoms with Gasteiger partial charge in [-0.25, -0.2) is 4.79 Å². The van der Waals surface area contributed by atoms with Gasteiger partial charge in [0, 0.05) is 5.69 Å². The summed E-state index contributed by atoms with van der Waals surface area (Å²) in [4.78, 5) is 23.3. The lowest BCUT2D eigenvalue weighted by Crippen LogP contribution is -2.34. The Kier molecular flexibility index (Phi) is 4.68. The van der Waals surface area contributed by atoms with Crippen LogP contribution in [-0.2, 0) is 22.4 Å². The number of halogens is 1. The molecule has 3 rings (SSSR count). The monoisotopic (exact) mass is 359 g/mol. The minimum absolute atomic E-state index is 0.0704. The lowest BCUT2D eigenvalue weighted by molar-refractivity contribution is -0.139. The molecule has 6 heteroatoms. The van der Waals surface area contributed by atoms with Crippen molar-refractivity contribution in [3.63, 3.8) is 0 Å². The van der Waals surface area contributed by atoms with E-state index in [0.717, 1.165) is 0 Å². The quantitative estimate of drug-likeness (QED) is 0.856. The molecule has 0 heterocycles. The number of benzene rings is 2. The first-order chi connectivity index (χ1) is 11.9. The standard InChI is InChI=1S/C19H18ClNO4/c1-19(9-12-4-2-3-5-13(12)10-19)18(24)21-14-6-7-16(15(20)8-14)25-11-17(22)23/h2-8H,9-11H2,1H3,(H,21,24)(H,22,23). The van der Waals surface area contributed by atoms with Crippen molar-refractivity contribution < 1.29 is 19.4 Å². The second kappa shape index (κ2) is 6.76. The molecule has 0 unspecified atom stereocenters. The number of aliphatic carboxylic acids is 1. The van der Waals surface area contributed by atoms with E-state index in [1.807, 2.05) is 19.1 Å². The Hall–Kier alpha value is -2.53. The number of hydrogen-bond donors (Lipinski definition) is 2. The lowest BCUT2D eigenvalue weighted by atomic mass is 9.86. The molecule has 1 amide bonds. The molecule has 5 nitrogen and oxygen atoms in total. The van der Waals surface area contributed by atoms with Gasteiger partial charge < -0.3 is 15.2 Å². The highest BCUT2D eigenvalue weighted by Crippen LogP contribution is 2.38. The van der Waals surface area contributed by atoms with Crippen molar-refractivity contribution in [1.29, 1.82) is 0 Å². The van der Waals surface area contributed by atoms with Crippen molar-refractivity contribution in [2.45, 2.75) is 19.8 Å². The Labute approximate surface area is 150 Å². The zero-order valence-electron chi connectivity index (χ0n) is 13.7. The van der Waals surface area contributed by atoms with E-state index in [1.165, 1.54) is 11.1 Å². The fourth-order valence-corrected chi connectivity index (χ4v) is 3.32. The summed E-state index contributed by atoms with van der Waals surface area (Å²) in [6.45, 7) is 1.48. The van der Waals surface area contributed by atoms with Crippen LogP contribution in [0.1, 0.15) is 18.1 Å². The summed E-state index contributed by atoms with van der Waals surface area (Å²) in [5.74, 6) is -0.886. The van der Waals surface area contributed by atoms with Crippen molar-refractivity contribution in [3.05, 3.63) is 58.6 Å². The third-order valence-electron chi connectivity index (χ3n) is 4.37. The average molecular weight is 360 g/mol. The maximum atomic E-state index is 12.8. The van der Waals surface area contributed by atoms with Gasteiger partial charge in [0.25, 0.3) is 0 Å². The molecule has 0 atom stereocenters. The minimum Gasteiger partial charge on any atom is -0.480 e. The third-order valence-corrected chi connectivity index (χ3v) is 4.66. The molecule has 25 heavy (non-hydrogen) atoms. The number of carboxylic acid groups (broad SMARTS) is 1. The highest BCUT2D eigenvalue weighted by molar-refractivity contribution is 6.32. The lowest BCUT2D eigenvalue weighted by Gasteiger charge is -2.22. The molecular weight excluding hydrogens is 342 g/mol. The second-order valence-electron chi connectivity index (χ2n) is 6.46. The normalized spacial score (nSPS) is 14.6. The van der Waals surface area contributed by atoms with Crippen LogP contribution in [0.3, 0.4) is 0 Å². The van der Waals surface area contributed by atoms with Gasteiger partial charge in [0.2, 0.25) is 5.91 Å². The number of rotatable bonds is 5. The average Bonchev–Trinajstić information content (AvgIpc) is 2.91. The Morgan fingerprint density at radius 2 is 1.84 bits per heavy atom. The molecule has 0 fully saturated rings. The molecular formula is C19H18ClNO4. The maximum Gasteiger partial charge on any atom is 0.341 e. The van der Waals surface area contributed by atoms with Gasteiger partial charge in [-0.1, -0.05) is 42.8 Å². The van der Waals surface area contributed by atoms with Gasteiger partial charge in [0.05, 0.1) is 10.4 Å². The van der Waals surface area contributed by atoms with E-state index < -0.39 is 18.0 Å². The van der Waals surface area contributed by atoms with E-state index in [9.17, 15) is 9.59 Å². The molecule has 2 N–H and O–H groups in total. The van der Waals surface area contributed by atoms with Gasteiger partial charge in [-0.3, -0.25) is 4.79 Å². The summed E-state index contributed by atoms with van der Waals surface area (Å²) < 4.78 is 5.08. The number of anilines is 1. The summed E-state index contributed by atoms with van der Waals surface area (Å²) >= 11 is 6.09. The number of ether oxygens (including phenoxy) is 1. The van der Waals surface area contributed by atoms with E-state index >= 15 is 0 Å². The molecule has 0 saturated heterocycles. The van der Waals surface area contributed by atoms with Crippen molar-refractivity contribution in [3.8, 4) is 5.75 Å². The number of carbonyl (C=O) groups excluding carboxylic acids is 1. The summed E-state index contributed by atoms with van der Waals surface area (Å²) in [6, 6.07) is 12.8. The molecule has 0 saturated carbocycles. The molecule has 2 aromatic rings. The number of amides is 1. The Balaban J connectivity index is 1.69. The Morgan fingerprint density at radius 1 is 1.20 bits per heavy atom. The first-order valence-corrected chi connectivity index (χ1v) is 8.27. The molecule has 0 spiro atoms. The summed E-state index contributed by atoms with van der Waals surface area (Å²) in [6.07, 6.45) is 1.39. The number of nitrogens with one attached hydrogen (secondary N) is 1. The van der Waals surface area contributed by atoms with Crippen LogP contribution in [0.25, 0.3) is 0 Å². The molecule has 2 aromatic carbocycles. The third kappa shape index (κ3) is 3.77. The van der Waals surface area contributed by atoms with Crippen LogP contribution in [0.15, 0.2) is 42.5 Å². The smallest absolute Gasteiger partial charge is 0.341 e. The fourth-order valence-electron chi connectivity index (χ4n) is 3.08. The van der Waals surface area contributed by atoms with Gasteiger partial charge in [-0.2, -0.15) is 0 Å². The first kappa shape index (κ1) is 17.3. The van der Waals surface area contributed by atoms with Crippen molar-refractivity contribution in [2.75, 3.05) is 11.9 Å². The summed E-state index contributed by atoms with van der Waals surface area (Å²) in [5, 5.41) is 11.8. The predicted molar refractivity (Wildman–Crippen MR) is 95.2 cm³/mol. The van der Waals surface area contributed by atoms with Crippen LogP contribution in [0.2, 0.25) is 5.02 Å². The number of carboxylic acids is 1. The zero-order chi connectivity index (χ0) is 18.0. The van der Waals surface area contributed by atoms with E-state index in [-0.39, 0.29) is 16.7 Å². The van der Waals surface area contributed by atoms with E-state index in [1.54, 1.807) is 18.2 Å². The number of hydrogen-bond acceptors (Lipinski definition) is 3. The van der Waals surface area contributed by atoms with Gasteiger partial charge in [-0.15, -0.1) is 0 Å². The molecule has 130 valence electrons. The van der Waals surface area contributed by atoms with Crippen LogP contribution in [0.4, 0.5) is 5.69 Å². The largest absolute Gasteiger partial charge is 0.480 e. The first-order valence-electron chi connectivity index (χ1n) is 7.90. The zero-order valence-corrected chi connectivity index (χ0v) is 14.5. The maximum absolute atomic E-state index is 12.8. The Morgan fingerprint density at radius 3 is 2.40 bits per heavy atom. The topological polar surface area (TPSA) is 75.6 Å². The molecule has 0 bridgehead atoms. The van der Waals surface area contributed by atoms with Crippen molar-refractivity contribution in [2.24, 2.45) is 5.41 Å². The van der Waals surface area contributed by atoms with E-state index in [0.29, 0.717) is 18.5 Å². The Bertz CT molecular complexity index is 809. The van der Waals surface area contributed by atoms with Crippen LogP contribution < -0.4 is 10.1 Å². The highest BCUT2D eigenvalue weighted by atomic mass is 35.5. The number of fused-ring (bicyclic) bond motifs is 1. The summed E-state index contributed by atoms with van der Waals surface area (Å²) in [5.41, 5.74) is 2.45. The van der Waals surface area contributed by atoms with Crippen LogP contribution in [0.5, 0.6) is 5.75 Å². The molecule has 1 aliphatic rings. The van der Waals surface area contributed by atoms with Crippen LogP contribution in [0, 0.1) is 5.41 Å². The number of carbonyl (C=O) groups is 2.